The maximum atomic E-state index is 2.39. The summed E-state index contributed by atoms with van der Waals surface area (Å²) in [6.45, 7) is 0. The molecule has 0 atom stereocenters. The van der Waals surface area contributed by atoms with Gasteiger partial charge < -0.3 is 0 Å². The first-order valence-electron chi connectivity index (χ1n) is 16.1. The molecule has 1 aliphatic rings. The van der Waals surface area contributed by atoms with E-state index in [4.69, 9.17) is 0 Å². The number of rotatable bonds is 4. The van der Waals surface area contributed by atoms with E-state index in [2.05, 4.69) is 194 Å². The van der Waals surface area contributed by atoms with E-state index in [-0.39, 0.29) is 0 Å². The largest absolute Gasteiger partial charge is 0.0714 e. The van der Waals surface area contributed by atoms with Crippen molar-refractivity contribution in [3.63, 3.8) is 0 Å². The summed E-state index contributed by atoms with van der Waals surface area (Å²) in [7, 11) is 0. The lowest BCUT2D eigenvalue weighted by Crippen LogP contribution is -2.45. The zero-order chi connectivity index (χ0) is 30.6. The molecule has 0 heterocycles. The highest BCUT2D eigenvalue weighted by Crippen LogP contribution is 2.61. The molecule has 0 aliphatic heterocycles. The summed E-state index contributed by atoms with van der Waals surface area (Å²) in [4.78, 5) is 0. The summed E-state index contributed by atoms with van der Waals surface area (Å²) < 4.78 is 0. The fourth-order valence-corrected chi connectivity index (χ4v) is 8.56. The topological polar surface area (TPSA) is 0 Å². The molecule has 216 valence electrons. The molecule has 0 nitrogen and oxygen atoms in total. The average Bonchev–Trinajstić information content (AvgIpc) is 3.14. The lowest BCUT2D eigenvalue weighted by molar-refractivity contribution is 0.621. The summed E-state index contributed by atoms with van der Waals surface area (Å²) in [5, 5.41) is 5.05. The van der Waals surface area contributed by atoms with E-state index in [1.807, 2.05) is 0 Å². The Balaban J connectivity index is 1.54. The Bertz CT molecular complexity index is 2140. The zero-order valence-electron chi connectivity index (χ0n) is 25.5. The highest BCUT2D eigenvalue weighted by atomic mass is 14.5. The maximum Gasteiger partial charge on any atom is 0.0714 e. The minimum atomic E-state index is -0.557. The molecule has 0 saturated carbocycles. The Morgan fingerprint density at radius 1 is 0.217 bits per heavy atom. The van der Waals surface area contributed by atoms with Crippen molar-refractivity contribution in [3.05, 3.63) is 239 Å². The molecular weight excluding hydrogens is 553 g/mol. The summed E-state index contributed by atoms with van der Waals surface area (Å²) in [6.07, 6.45) is 0. The minimum absolute atomic E-state index is 0.557. The second-order valence-corrected chi connectivity index (χ2v) is 12.4. The van der Waals surface area contributed by atoms with Crippen LogP contribution in [0.4, 0.5) is 0 Å². The predicted molar refractivity (Wildman–Crippen MR) is 192 cm³/mol. The monoisotopic (exact) mass is 584 g/mol. The Labute approximate surface area is 270 Å². The molecule has 1 aliphatic carbocycles. The zero-order valence-corrected chi connectivity index (χ0v) is 25.5. The number of hydrogen-bond acceptors (Lipinski definition) is 0. The van der Waals surface area contributed by atoms with Crippen LogP contribution in [0.1, 0.15) is 44.5 Å². The van der Waals surface area contributed by atoms with Crippen molar-refractivity contribution >= 4 is 21.5 Å². The molecule has 46 heavy (non-hydrogen) atoms. The van der Waals surface area contributed by atoms with Gasteiger partial charge in [-0.05, 0) is 66.1 Å². The first-order valence-corrected chi connectivity index (χ1v) is 16.1. The minimum Gasteiger partial charge on any atom is -0.0622 e. The normalized spacial score (nSPS) is 18.6. The van der Waals surface area contributed by atoms with Gasteiger partial charge in [-0.3, -0.25) is 0 Å². The molecule has 8 aromatic carbocycles. The van der Waals surface area contributed by atoms with Crippen molar-refractivity contribution in [1.29, 1.82) is 0 Å². The molecule has 0 fully saturated rings. The van der Waals surface area contributed by atoms with Crippen molar-refractivity contribution in [1.82, 2.24) is 0 Å². The molecule has 0 saturated heterocycles. The van der Waals surface area contributed by atoms with E-state index in [0.717, 1.165) is 0 Å². The molecule has 0 heteroatoms. The molecular formula is C46H32. The van der Waals surface area contributed by atoms with E-state index < -0.39 is 10.8 Å². The van der Waals surface area contributed by atoms with Crippen LogP contribution in [-0.2, 0) is 10.8 Å². The van der Waals surface area contributed by atoms with Crippen LogP contribution >= 0.6 is 0 Å². The summed E-state index contributed by atoms with van der Waals surface area (Å²) in [5.41, 5.74) is 9.28. The number of hydrogen-bond donors (Lipinski definition) is 0. The van der Waals surface area contributed by atoms with Crippen molar-refractivity contribution in [2.24, 2.45) is 0 Å². The predicted octanol–water partition coefficient (Wildman–Crippen LogP) is 11.1. The third kappa shape index (κ3) is 3.56. The first kappa shape index (κ1) is 26.7. The highest BCUT2D eigenvalue weighted by molar-refractivity contribution is 5.93. The van der Waals surface area contributed by atoms with Crippen LogP contribution in [0.25, 0.3) is 21.5 Å². The Morgan fingerprint density at radius 2 is 0.500 bits per heavy atom. The van der Waals surface area contributed by atoms with Gasteiger partial charge in [0.15, 0.2) is 0 Å². The fraction of sp³-hybridized carbons (Fsp3) is 0.0435. The van der Waals surface area contributed by atoms with Crippen LogP contribution in [-0.4, -0.2) is 0 Å². The molecule has 0 bridgehead atoms. The maximum absolute atomic E-state index is 2.39. The SMILES string of the molecule is c1ccc(C2(c3cccc4ccccc34)c3ccccc3C(c3ccccc3)(c3cccc4ccccc34)c3ccccc32)cc1. The van der Waals surface area contributed by atoms with Crippen molar-refractivity contribution < 1.29 is 0 Å². The molecule has 0 spiro atoms. The molecule has 0 radical (unpaired) electrons. The highest BCUT2D eigenvalue weighted by Gasteiger charge is 2.54. The summed E-state index contributed by atoms with van der Waals surface area (Å²) in [5.74, 6) is 0. The van der Waals surface area contributed by atoms with Crippen LogP contribution in [0.5, 0.6) is 0 Å². The van der Waals surface area contributed by atoms with E-state index in [0.29, 0.717) is 0 Å². The second kappa shape index (κ2) is 10.4. The third-order valence-electron chi connectivity index (χ3n) is 10.3. The van der Waals surface area contributed by atoms with Crippen LogP contribution in [0, 0.1) is 0 Å². The standard InChI is InChI=1S/C46H32/c1-3-21-35(22-4-1)45(39-31-15-19-33-17-7-9-25-37(33)39)41-27-11-13-29-43(41)46(36-23-5-2-6-24-36,44-30-14-12-28-42(44)45)40-32-16-20-34-18-8-10-26-38(34)40/h1-32H. The lowest BCUT2D eigenvalue weighted by Gasteiger charge is -2.51. The lowest BCUT2D eigenvalue weighted by atomic mass is 9.50. The van der Waals surface area contributed by atoms with E-state index >= 15 is 0 Å². The van der Waals surface area contributed by atoms with Gasteiger partial charge in [-0.1, -0.05) is 194 Å². The number of benzene rings is 8. The van der Waals surface area contributed by atoms with Gasteiger partial charge in [-0.2, -0.15) is 0 Å². The first-order chi connectivity index (χ1) is 22.8. The summed E-state index contributed by atoms with van der Waals surface area (Å²) >= 11 is 0. The molecule has 9 rings (SSSR count). The molecule has 0 N–H and O–H groups in total. The van der Waals surface area contributed by atoms with Gasteiger partial charge in [-0.25, -0.2) is 0 Å². The Morgan fingerprint density at radius 3 is 0.891 bits per heavy atom. The van der Waals surface area contributed by atoms with Gasteiger partial charge in [0.2, 0.25) is 0 Å². The fourth-order valence-electron chi connectivity index (χ4n) is 8.56. The van der Waals surface area contributed by atoms with E-state index in [9.17, 15) is 0 Å². The Hall–Kier alpha value is -5.72. The van der Waals surface area contributed by atoms with Gasteiger partial charge in [0.25, 0.3) is 0 Å². The van der Waals surface area contributed by atoms with E-state index in [1.54, 1.807) is 0 Å². The summed E-state index contributed by atoms with van der Waals surface area (Å²) in [6, 6.07) is 72.2. The average molecular weight is 585 g/mol. The van der Waals surface area contributed by atoms with Gasteiger partial charge in [0.1, 0.15) is 0 Å². The quantitative estimate of drug-likeness (QED) is 0.193. The Kier molecular flexibility index (Phi) is 6.05. The van der Waals surface area contributed by atoms with Crippen molar-refractivity contribution in [2.45, 2.75) is 10.8 Å². The smallest absolute Gasteiger partial charge is 0.0622 e. The molecule has 0 aromatic heterocycles. The van der Waals surface area contributed by atoms with Gasteiger partial charge in [-0.15, -0.1) is 0 Å². The molecule has 0 unspecified atom stereocenters. The second-order valence-electron chi connectivity index (χ2n) is 12.4. The van der Waals surface area contributed by atoms with Crippen LogP contribution in [0.2, 0.25) is 0 Å². The third-order valence-corrected chi connectivity index (χ3v) is 10.3. The van der Waals surface area contributed by atoms with Gasteiger partial charge in [0.05, 0.1) is 10.8 Å². The van der Waals surface area contributed by atoms with Gasteiger partial charge in [0, 0.05) is 0 Å². The van der Waals surface area contributed by atoms with Crippen LogP contribution < -0.4 is 0 Å². The number of fused-ring (bicyclic) bond motifs is 4. The van der Waals surface area contributed by atoms with Crippen LogP contribution in [0.3, 0.4) is 0 Å². The van der Waals surface area contributed by atoms with Crippen molar-refractivity contribution in [3.8, 4) is 0 Å². The van der Waals surface area contributed by atoms with E-state index in [1.165, 1.54) is 66.1 Å². The van der Waals surface area contributed by atoms with Crippen LogP contribution in [0.15, 0.2) is 194 Å². The van der Waals surface area contributed by atoms with Crippen molar-refractivity contribution in [2.75, 3.05) is 0 Å². The van der Waals surface area contributed by atoms with Gasteiger partial charge >= 0.3 is 0 Å². The molecule has 8 aromatic rings. The molecule has 0 amide bonds.